The van der Waals surface area contributed by atoms with Crippen LogP contribution in [0, 0.1) is 5.92 Å². The van der Waals surface area contributed by atoms with Gasteiger partial charge in [-0.1, -0.05) is 25.1 Å². The van der Waals surface area contributed by atoms with E-state index in [1.54, 1.807) is 7.05 Å². The molecule has 2 atom stereocenters. The van der Waals surface area contributed by atoms with Crippen LogP contribution in [0.15, 0.2) is 35.3 Å². The summed E-state index contributed by atoms with van der Waals surface area (Å²) in [5.74, 6) is 1.12. The molecule has 1 fully saturated rings. The second-order valence-electron chi connectivity index (χ2n) is 6.62. The van der Waals surface area contributed by atoms with Crippen LogP contribution in [0.4, 0.5) is 5.69 Å². The summed E-state index contributed by atoms with van der Waals surface area (Å²) in [5, 5.41) is 9.38. The first kappa shape index (κ1) is 18.3. The van der Waals surface area contributed by atoms with Crippen molar-refractivity contribution >= 4 is 17.6 Å². The molecule has 0 spiro atoms. The van der Waals surface area contributed by atoms with Gasteiger partial charge in [-0.25, -0.2) is 0 Å². The van der Waals surface area contributed by atoms with Gasteiger partial charge in [-0.15, -0.1) is 0 Å². The first-order chi connectivity index (χ1) is 11.5. The summed E-state index contributed by atoms with van der Waals surface area (Å²) in [4.78, 5) is 18.7. The van der Waals surface area contributed by atoms with E-state index < -0.39 is 0 Å². The van der Waals surface area contributed by atoms with E-state index in [0.29, 0.717) is 24.0 Å². The van der Waals surface area contributed by atoms with Crippen LogP contribution in [0.25, 0.3) is 0 Å². The number of carbonyl (C=O) groups excluding carboxylic acids is 1. The van der Waals surface area contributed by atoms with Crippen LogP contribution in [0.1, 0.15) is 20.8 Å². The molecule has 24 heavy (non-hydrogen) atoms. The van der Waals surface area contributed by atoms with Crippen LogP contribution in [0.3, 0.4) is 0 Å². The second-order valence-corrected chi connectivity index (χ2v) is 6.62. The van der Waals surface area contributed by atoms with Gasteiger partial charge in [0.2, 0.25) is 5.91 Å². The van der Waals surface area contributed by atoms with E-state index in [4.69, 9.17) is 0 Å². The van der Waals surface area contributed by atoms with Crippen LogP contribution in [-0.2, 0) is 4.79 Å². The van der Waals surface area contributed by atoms with Crippen LogP contribution < -0.4 is 16.0 Å². The fourth-order valence-corrected chi connectivity index (χ4v) is 2.87. The number of nitrogens with zero attached hydrogens (tertiary/aromatic N) is 2. The largest absolute Gasteiger partial charge is 0.352 e. The lowest BCUT2D eigenvalue weighted by Crippen LogP contribution is -2.48. The van der Waals surface area contributed by atoms with Crippen molar-refractivity contribution in [2.45, 2.75) is 32.9 Å². The van der Waals surface area contributed by atoms with Crippen molar-refractivity contribution in [3.63, 3.8) is 0 Å². The Bertz CT molecular complexity index is 558. The lowest BCUT2D eigenvalue weighted by atomic mass is 10.1. The summed E-state index contributed by atoms with van der Waals surface area (Å²) < 4.78 is 0. The number of hydrogen-bond donors (Lipinski definition) is 3. The number of para-hydroxylation sites is 1. The molecule has 1 amide bonds. The Morgan fingerprint density at radius 1 is 1.29 bits per heavy atom. The summed E-state index contributed by atoms with van der Waals surface area (Å²) in [7, 11) is 1.73. The third kappa shape index (κ3) is 5.23. The second kappa shape index (κ2) is 8.68. The number of nitrogens with one attached hydrogen (secondary N) is 3. The van der Waals surface area contributed by atoms with Crippen LogP contribution in [0.2, 0.25) is 0 Å². The number of hydrogen-bond acceptors (Lipinski definition) is 3. The Labute approximate surface area is 144 Å². The summed E-state index contributed by atoms with van der Waals surface area (Å²) in [5.41, 5.74) is 0.796. The Hall–Kier alpha value is -2.08. The zero-order valence-electron chi connectivity index (χ0n) is 15.0. The molecule has 3 N–H and O–H groups in total. The number of anilines is 1. The topological polar surface area (TPSA) is 68.8 Å². The molecular weight excluding hydrogens is 302 g/mol. The standard InChI is InChI=1S/C18H29N5O/c1-13(2)23-11-14(3)16(12-23)22-18(19-4)20-10-17(24)21-15-8-6-5-7-9-15/h5-9,13-14,16H,10-12H2,1-4H3,(H,21,24)(H2,19,20,22). The van der Waals surface area contributed by atoms with Crippen molar-refractivity contribution in [3.8, 4) is 0 Å². The third-order valence-electron chi connectivity index (χ3n) is 4.39. The van der Waals surface area contributed by atoms with Crippen molar-refractivity contribution in [2.24, 2.45) is 10.9 Å². The van der Waals surface area contributed by atoms with E-state index in [-0.39, 0.29) is 12.5 Å². The highest BCUT2D eigenvalue weighted by Gasteiger charge is 2.31. The molecule has 0 bridgehead atoms. The summed E-state index contributed by atoms with van der Waals surface area (Å²) in [6, 6.07) is 10.3. The predicted octanol–water partition coefficient (Wildman–Crippen LogP) is 1.52. The van der Waals surface area contributed by atoms with Gasteiger partial charge in [0.15, 0.2) is 5.96 Å². The molecule has 1 aromatic carbocycles. The monoisotopic (exact) mass is 331 g/mol. The predicted molar refractivity (Wildman–Crippen MR) is 99.2 cm³/mol. The van der Waals surface area contributed by atoms with Gasteiger partial charge in [0.25, 0.3) is 0 Å². The zero-order chi connectivity index (χ0) is 17.5. The number of rotatable bonds is 5. The average molecular weight is 331 g/mol. The molecule has 132 valence electrons. The van der Waals surface area contributed by atoms with Gasteiger partial charge in [0, 0.05) is 37.9 Å². The molecule has 1 aromatic rings. The molecule has 6 nitrogen and oxygen atoms in total. The third-order valence-corrected chi connectivity index (χ3v) is 4.39. The molecule has 1 aliphatic heterocycles. The van der Waals surface area contributed by atoms with E-state index in [9.17, 15) is 4.79 Å². The lowest BCUT2D eigenvalue weighted by Gasteiger charge is -2.21. The molecule has 0 aliphatic carbocycles. The van der Waals surface area contributed by atoms with Crippen molar-refractivity contribution in [2.75, 3.05) is 32.0 Å². The molecular formula is C18H29N5O. The normalized spacial score (nSPS) is 21.8. The maximum atomic E-state index is 12.0. The molecule has 6 heteroatoms. The SMILES string of the molecule is CN=C(NCC(=O)Nc1ccccc1)NC1CN(C(C)C)CC1C. The maximum Gasteiger partial charge on any atom is 0.243 e. The van der Waals surface area contributed by atoms with Crippen molar-refractivity contribution in [3.05, 3.63) is 30.3 Å². The minimum absolute atomic E-state index is 0.0903. The van der Waals surface area contributed by atoms with E-state index in [1.165, 1.54) is 0 Å². The fourth-order valence-electron chi connectivity index (χ4n) is 2.87. The Morgan fingerprint density at radius 2 is 2.00 bits per heavy atom. The van der Waals surface area contributed by atoms with Gasteiger partial charge in [-0.3, -0.25) is 14.7 Å². The fraction of sp³-hybridized carbons (Fsp3) is 0.556. The Morgan fingerprint density at radius 3 is 2.58 bits per heavy atom. The number of likely N-dealkylation sites (tertiary alicyclic amines) is 1. The van der Waals surface area contributed by atoms with Crippen molar-refractivity contribution in [1.29, 1.82) is 0 Å². The van der Waals surface area contributed by atoms with Crippen LogP contribution >= 0.6 is 0 Å². The number of amides is 1. The van der Waals surface area contributed by atoms with Gasteiger partial charge in [-0.05, 0) is 31.9 Å². The van der Waals surface area contributed by atoms with E-state index >= 15 is 0 Å². The van der Waals surface area contributed by atoms with E-state index in [1.807, 2.05) is 30.3 Å². The van der Waals surface area contributed by atoms with Crippen molar-refractivity contribution in [1.82, 2.24) is 15.5 Å². The van der Waals surface area contributed by atoms with E-state index in [2.05, 4.69) is 46.6 Å². The van der Waals surface area contributed by atoms with Crippen LogP contribution in [0.5, 0.6) is 0 Å². The first-order valence-corrected chi connectivity index (χ1v) is 8.55. The van der Waals surface area contributed by atoms with Gasteiger partial charge < -0.3 is 16.0 Å². The van der Waals surface area contributed by atoms with Crippen molar-refractivity contribution < 1.29 is 4.79 Å². The highest BCUT2D eigenvalue weighted by atomic mass is 16.1. The Kier molecular flexibility index (Phi) is 6.61. The summed E-state index contributed by atoms with van der Waals surface area (Å²) >= 11 is 0. The van der Waals surface area contributed by atoms with Gasteiger partial charge in [0.05, 0.1) is 6.54 Å². The number of guanidine groups is 1. The smallest absolute Gasteiger partial charge is 0.243 e. The highest BCUT2D eigenvalue weighted by Crippen LogP contribution is 2.18. The summed E-state index contributed by atoms with van der Waals surface area (Å²) in [6.45, 7) is 8.95. The van der Waals surface area contributed by atoms with Gasteiger partial charge in [0.1, 0.15) is 0 Å². The first-order valence-electron chi connectivity index (χ1n) is 8.55. The Balaban J connectivity index is 1.79. The number of benzene rings is 1. The quantitative estimate of drug-likeness (QED) is 0.565. The molecule has 1 saturated heterocycles. The lowest BCUT2D eigenvalue weighted by molar-refractivity contribution is -0.115. The van der Waals surface area contributed by atoms with Crippen LogP contribution in [-0.4, -0.2) is 55.5 Å². The average Bonchev–Trinajstić information content (AvgIpc) is 2.93. The van der Waals surface area contributed by atoms with E-state index in [0.717, 1.165) is 18.8 Å². The number of aliphatic imine (C=N–C) groups is 1. The molecule has 2 unspecified atom stereocenters. The van der Waals surface area contributed by atoms with Gasteiger partial charge >= 0.3 is 0 Å². The molecule has 0 radical (unpaired) electrons. The molecule has 1 heterocycles. The summed E-state index contributed by atoms with van der Waals surface area (Å²) in [6.07, 6.45) is 0. The molecule has 2 rings (SSSR count). The highest BCUT2D eigenvalue weighted by molar-refractivity contribution is 5.95. The molecule has 0 aromatic heterocycles. The molecule has 1 aliphatic rings. The number of carbonyl (C=O) groups is 1. The minimum Gasteiger partial charge on any atom is -0.352 e. The van der Waals surface area contributed by atoms with Gasteiger partial charge in [-0.2, -0.15) is 0 Å². The maximum absolute atomic E-state index is 12.0. The minimum atomic E-state index is -0.0903. The molecule has 0 saturated carbocycles. The zero-order valence-corrected chi connectivity index (χ0v) is 15.0.